The lowest BCUT2D eigenvalue weighted by Gasteiger charge is -2.20. The van der Waals surface area contributed by atoms with E-state index >= 15 is 0 Å². The highest BCUT2D eigenvalue weighted by atomic mass is 32.2. The van der Waals surface area contributed by atoms with Crippen LogP contribution in [0.15, 0.2) is 58.9 Å². The first-order valence-corrected chi connectivity index (χ1v) is 10.2. The van der Waals surface area contributed by atoms with Crippen molar-refractivity contribution >= 4 is 46.9 Å². The molecule has 134 valence electrons. The summed E-state index contributed by atoms with van der Waals surface area (Å²) in [6.45, 7) is 3.93. The van der Waals surface area contributed by atoms with E-state index in [4.69, 9.17) is 12.2 Å². The summed E-state index contributed by atoms with van der Waals surface area (Å²) in [6, 6.07) is 17.6. The highest BCUT2D eigenvalue weighted by Crippen LogP contribution is 2.29. The summed E-state index contributed by atoms with van der Waals surface area (Å²) in [5.74, 6) is 0.0322. The molecule has 0 fully saturated rings. The molecule has 0 aliphatic carbocycles. The van der Waals surface area contributed by atoms with E-state index in [-0.39, 0.29) is 11.2 Å². The van der Waals surface area contributed by atoms with Gasteiger partial charge in [-0.2, -0.15) is 0 Å². The zero-order valence-electron chi connectivity index (χ0n) is 14.7. The third kappa shape index (κ3) is 4.06. The van der Waals surface area contributed by atoms with Gasteiger partial charge in [0.05, 0.1) is 10.9 Å². The standard InChI is InChI=1S/C19H19N3OS3/c1-13-9-7-8-12-16(13)22-19(24)26-18(20-22)25-14(2)17(23)21(3)15-10-5-4-6-11-15/h4-12,14H,1-3H3/t14-/m1/s1. The predicted octanol–water partition coefficient (Wildman–Crippen LogP) is 5.12. The van der Waals surface area contributed by atoms with Crippen molar-refractivity contribution in [1.82, 2.24) is 9.78 Å². The van der Waals surface area contributed by atoms with Crippen molar-refractivity contribution in [2.24, 2.45) is 0 Å². The normalized spacial score (nSPS) is 12.0. The van der Waals surface area contributed by atoms with Crippen LogP contribution in [0.5, 0.6) is 0 Å². The van der Waals surface area contributed by atoms with Gasteiger partial charge in [-0.3, -0.25) is 4.79 Å². The molecule has 26 heavy (non-hydrogen) atoms. The van der Waals surface area contributed by atoms with E-state index in [2.05, 4.69) is 5.10 Å². The Morgan fingerprint density at radius 3 is 2.54 bits per heavy atom. The van der Waals surface area contributed by atoms with E-state index in [1.807, 2.05) is 68.4 Å². The minimum Gasteiger partial charge on any atom is -0.315 e. The molecular formula is C19H19N3OS3. The lowest BCUT2D eigenvalue weighted by molar-refractivity contribution is -0.117. The number of carbonyl (C=O) groups is 1. The number of hydrogen-bond donors (Lipinski definition) is 0. The van der Waals surface area contributed by atoms with E-state index in [0.717, 1.165) is 21.3 Å². The topological polar surface area (TPSA) is 38.1 Å². The summed E-state index contributed by atoms with van der Waals surface area (Å²) in [5.41, 5.74) is 2.96. The van der Waals surface area contributed by atoms with Crippen LogP contribution in [0.2, 0.25) is 0 Å². The van der Waals surface area contributed by atoms with E-state index in [1.165, 1.54) is 23.1 Å². The summed E-state index contributed by atoms with van der Waals surface area (Å²) in [4.78, 5) is 14.4. The quantitative estimate of drug-likeness (QED) is 0.440. The van der Waals surface area contributed by atoms with Crippen LogP contribution in [0.25, 0.3) is 5.69 Å². The molecule has 0 bridgehead atoms. The molecule has 1 aromatic heterocycles. The maximum Gasteiger partial charge on any atom is 0.240 e. The van der Waals surface area contributed by atoms with Crippen molar-refractivity contribution in [3.63, 3.8) is 0 Å². The monoisotopic (exact) mass is 401 g/mol. The van der Waals surface area contributed by atoms with Crippen molar-refractivity contribution in [2.45, 2.75) is 23.4 Å². The molecule has 3 rings (SSSR count). The van der Waals surface area contributed by atoms with Crippen LogP contribution in [0.1, 0.15) is 12.5 Å². The first kappa shape index (κ1) is 18.8. The molecule has 0 aliphatic heterocycles. The number of anilines is 1. The van der Waals surface area contributed by atoms with Gasteiger partial charge >= 0.3 is 0 Å². The van der Waals surface area contributed by atoms with Gasteiger partial charge in [0.25, 0.3) is 0 Å². The van der Waals surface area contributed by atoms with Gasteiger partial charge in [0, 0.05) is 12.7 Å². The Balaban J connectivity index is 1.77. The van der Waals surface area contributed by atoms with Gasteiger partial charge in [0.2, 0.25) is 5.91 Å². The van der Waals surface area contributed by atoms with Gasteiger partial charge in [-0.25, -0.2) is 4.68 Å². The number of amides is 1. The lowest BCUT2D eigenvalue weighted by atomic mass is 10.2. The number of carbonyl (C=O) groups excluding carboxylic acids is 1. The fourth-order valence-corrected chi connectivity index (χ4v) is 5.10. The Hall–Kier alpha value is -1.96. The van der Waals surface area contributed by atoms with Crippen molar-refractivity contribution < 1.29 is 4.79 Å². The zero-order chi connectivity index (χ0) is 18.7. The van der Waals surface area contributed by atoms with Crippen LogP contribution in [0.4, 0.5) is 5.69 Å². The van der Waals surface area contributed by atoms with Gasteiger partial charge < -0.3 is 4.90 Å². The fourth-order valence-electron chi connectivity index (χ4n) is 2.51. The number of thioether (sulfide) groups is 1. The SMILES string of the molecule is Cc1ccccc1-n1nc(S[C@H](C)C(=O)N(C)c2ccccc2)sc1=S. The second kappa shape index (κ2) is 8.16. The van der Waals surface area contributed by atoms with Crippen molar-refractivity contribution in [1.29, 1.82) is 0 Å². The minimum absolute atomic E-state index is 0.0322. The largest absolute Gasteiger partial charge is 0.315 e. The Bertz CT molecular complexity index is 965. The summed E-state index contributed by atoms with van der Waals surface area (Å²) >= 11 is 8.34. The molecule has 0 unspecified atom stereocenters. The summed E-state index contributed by atoms with van der Waals surface area (Å²) in [5, 5.41) is 4.36. The number of benzene rings is 2. The van der Waals surface area contributed by atoms with E-state index in [0.29, 0.717) is 3.95 Å². The third-order valence-electron chi connectivity index (χ3n) is 3.97. The average molecular weight is 402 g/mol. The molecule has 1 atom stereocenters. The van der Waals surface area contributed by atoms with Crippen LogP contribution < -0.4 is 4.90 Å². The molecule has 0 spiro atoms. The average Bonchev–Trinajstić information content (AvgIpc) is 3.01. The molecular weight excluding hydrogens is 382 g/mol. The van der Waals surface area contributed by atoms with Crippen molar-refractivity contribution in [2.75, 3.05) is 11.9 Å². The highest BCUT2D eigenvalue weighted by molar-refractivity contribution is 8.02. The number of nitrogens with zero attached hydrogens (tertiary/aromatic N) is 3. The van der Waals surface area contributed by atoms with Gasteiger partial charge in [-0.1, -0.05) is 59.5 Å². The first-order chi connectivity index (χ1) is 12.5. The Morgan fingerprint density at radius 1 is 1.19 bits per heavy atom. The molecule has 0 saturated carbocycles. The first-order valence-electron chi connectivity index (χ1n) is 8.13. The van der Waals surface area contributed by atoms with Crippen molar-refractivity contribution in [3.05, 3.63) is 64.1 Å². The Kier molecular flexibility index (Phi) is 5.90. The maximum atomic E-state index is 12.7. The number of hydrogen-bond acceptors (Lipinski definition) is 5. The summed E-state index contributed by atoms with van der Waals surface area (Å²) in [6.07, 6.45) is 0. The van der Waals surface area contributed by atoms with Gasteiger partial charge in [-0.05, 0) is 49.8 Å². The molecule has 1 heterocycles. The number of para-hydroxylation sites is 2. The van der Waals surface area contributed by atoms with Crippen LogP contribution in [0, 0.1) is 10.9 Å². The van der Waals surface area contributed by atoms with Gasteiger partial charge in [0.15, 0.2) is 8.29 Å². The lowest BCUT2D eigenvalue weighted by Crippen LogP contribution is -2.33. The van der Waals surface area contributed by atoms with Crippen LogP contribution in [0.3, 0.4) is 0 Å². The molecule has 0 N–H and O–H groups in total. The molecule has 7 heteroatoms. The molecule has 0 saturated heterocycles. The molecule has 3 aromatic rings. The Morgan fingerprint density at radius 2 is 1.85 bits per heavy atom. The molecule has 0 aliphatic rings. The smallest absolute Gasteiger partial charge is 0.240 e. The van der Waals surface area contributed by atoms with E-state index < -0.39 is 0 Å². The van der Waals surface area contributed by atoms with E-state index in [1.54, 1.807) is 16.6 Å². The molecule has 1 amide bonds. The third-order valence-corrected chi connectivity index (χ3v) is 6.38. The Labute approximate surface area is 166 Å². The zero-order valence-corrected chi connectivity index (χ0v) is 17.2. The van der Waals surface area contributed by atoms with E-state index in [9.17, 15) is 4.79 Å². The number of rotatable bonds is 5. The maximum absolute atomic E-state index is 12.7. The molecule has 4 nitrogen and oxygen atoms in total. The summed E-state index contributed by atoms with van der Waals surface area (Å²) < 4.78 is 3.24. The molecule has 2 aromatic carbocycles. The second-order valence-electron chi connectivity index (χ2n) is 5.83. The summed E-state index contributed by atoms with van der Waals surface area (Å²) in [7, 11) is 1.79. The number of aromatic nitrogens is 2. The fraction of sp³-hybridized carbons (Fsp3) is 0.211. The van der Waals surface area contributed by atoms with Crippen molar-refractivity contribution in [3.8, 4) is 5.69 Å². The minimum atomic E-state index is -0.258. The van der Waals surface area contributed by atoms with Gasteiger partial charge in [0.1, 0.15) is 0 Å². The molecule has 0 radical (unpaired) electrons. The predicted molar refractivity (Wildman–Crippen MR) is 112 cm³/mol. The van der Waals surface area contributed by atoms with Crippen LogP contribution in [-0.4, -0.2) is 28.0 Å². The highest BCUT2D eigenvalue weighted by Gasteiger charge is 2.21. The number of aryl methyl sites for hydroxylation is 1. The van der Waals surface area contributed by atoms with Gasteiger partial charge in [-0.15, -0.1) is 5.10 Å². The second-order valence-corrected chi connectivity index (χ2v) is 9.04. The van der Waals surface area contributed by atoms with Crippen LogP contribution in [-0.2, 0) is 4.79 Å². The van der Waals surface area contributed by atoms with Crippen LogP contribution >= 0.6 is 35.3 Å².